The van der Waals surface area contributed by atoms with Crippen LogP contribution in [-0.2, 0) is 13.1 Å². The second-order valence-corrected chi connectivity index (χ2v) is 4.21. The Morgan fingerprint density at radius 1 is 1.22 bits per heavy atom. The van der Waals surface area contributed by atoms with E-state index in [-0.39, 0.29) is 11.7 Å². The second kappa shape index (κ2) is 4.14. The highest BCUT2D eigenvalue weighted by Gasteiger charge is 2.22. The summed E-state index contributed by atoms with van der Waals surface area (Å²) in [5.74, 6) is 0.905. The molecule has 1 aliphatic rings. The van der Waals surface area contributed by atoms with Crippen molar-refractivity contribution < 1.29 is 9.90 Å². The largest absolute Gasteiger partial charge is 0.508 e. The number of fused-ring (bicyclic) bond motifs is 1. The van der Waals surface area contributed by atoms with E-state index in [1.54, 1.807) is 23.4 Å². The summed E-state index contributed by atoms with van der Waals surface area (Å²) in [4.78, 5) is 14.0. The number of rotatable bonds is 1. The first-order valence-electron chi connectivity index (χ1n) is 5.69. The summed E-state index contributed by atoms with van der Waals surface area (Å²) >= 11 is 0. The van der Waals surface area contributed by atoms with Crippen molar-refractivity contribution in [3.63, 3.8) is 0 Å². The molecule has 18 heavy (non-hydrogen) atoms. The molecule has 0 spiro atoms. The van der Waals surface area contributed by atoms with E-state index < -0.39 is 0 Å². The molecule has 6 nitrogen and oxygen atoms in total. The number of phenolic OH excluding ortho intramolecular Hbond substituents is 1. The Morgan fingerprint density at radius 3 is 2.78 bits per heavy atom. The molecule has 0 saturated heterocycles. The lowest BCUT2D eigenvalue weighted by molar-refractivity contribution is 0.0707. The topological polar surface area (TPSA) is 71.2 Å². The van der Waals surface area contributed by atoms with Crippen LogP contribution in [0.2, 0.25) is 0 Å². The number of benzene rings is 1. The van der Waals surface area contributed by atoms with Crippen LogP contribution < -0.4 is 0 Å². The van der Waals surface area contributed by atoms with Crippen molar-refractivity contribution in [2.45, 2.75) is 13.1 Å². The van der Waals surface area contributed by atoms with Crippen molar-refractivity contribution in [2.75, 3.05) is 6.54 Å². The lowest BCUT2D eigenvalue weighted by atomic mass is 10.2. The van der Waals surface area contributed by atoms with Crippen LogP contribution in [-0.4, -0.2) is 37.2 Å². The van der Waals surface area contributed by atoms with Crippen molar-refractivity contribution in [3.8, 4) is 5.75 Å². The molecular formula is C12H12N4O2. The lowest BCUT2D eigenvalue weighted by Gasteiger charge is -2.27. The van der Waals surface area contributed by atoms with E-state index in [1.807, 2.05) is 4.57 Å². The van der Waals surface area contributed by atoms with Gasteiger partial charge in [-0.15, -0.1) is 10.2 Å². The molecule has 3 rings (SSSR count). The van der Waals surface area contributed by atoms with Crippen LogP contribution in [0, 0.1) is 0 Å². The molecular weight excluding hydrogens is 232 g/mol. The van der Waals surface area contributed by atoms with Gasteiger partial charge in [0.15, 0.2) is 5.82 Å². The number of aromatic hydroxyl groups is 1. The molecule has 1 N–H and O–H groups in total. The molecule has 6 heteroatoms. The van der Waals surface area contributed by atoms with Crippen molar-refractivity contribution in [1.82, 2.24) is 19.7 Å². The Labute approximate surface area is 103 Å². The Balaban J connectivity index is 1.80. The smallest absolute Gasteiger partial charge is 0.254 e. The molecule has 0 unspecified atom stereocenters. The molecule has 0 fully saturated rings. The zero-order valence-electron chi connectivity index (χ0n) is 9.65. The van der Waals surface area contributed by atoms with Crippen molar-refractivity contribution in [3.05, 3.63) is 42.0 Å². The molecule has 2 heterocycles. The van der Waals surface area contributed by atoms with Crippen molar-refractivity contribution >= 4 is 5.91 Å². The number of carbonyl (C=O) groups excluding carboxylic acids is 1. The normalized spacial score (nSPS) is 14.3. The van der Waals surface area contributed by atoms with Crippen LogP contribution in [0.15, 0.2) is 30.6 Å². The first-order chi connectivity index (χ1) is 8.74. The van der Waals surface area contributed by atoms with E-state index in [1.165, 1.54) is 12.1 Å². The van der Waals surface area contributed by atoms with E-state index in [2.05, 4.69) is 10.2 Å². The highest BCUT2D eigenvalue weighted by Crippen LogP contribution is 2.15. The fourth-order valence-electron chi connectivity index (χ4n) is 2.03. The van der Waals surface area contributed by atoms with Gasteiger partial charge in [0.05, 0.1) is 6.54 Å². The van der Waals surface area contributed by atoms with Gasteiger partial charge in [0.2, 0.25) is 0 Å². The van der Waals surface area contributed by atoms with Crippen LogP contribution in [0.1, 0.15) is 16.2 Å². The number of carbonyl (C=O) groups is 1. The van der Waals surface area contributed by atoms with Gasteiger partial charge in [0.1, 0.15) is 12.1 Å². The fraction of sp³-hybridized carbons (Fsp3) is 0.250. The molecule has 0 bridgehead atoms. The third kappa shape index (κ3) is 1.81. The van der Waals surface area contributed by atoms with Crippen LogP contribution in [0.5, 0.6) is 5.75 Å². The van der Waals surface area contributed by atoms with Crippen LogP contribution in [0.4, 0.5) is 0 Å². The first kappa shape index (κ1) is 10.8. The summed E-state index contributed by atoms with van der Waals surface area (Å²) in [6.07, 6.45) is 1.68. The minimum Gasteiger partial charge on any atom is -0.508 e. The van der Waals surface area contributed by atoms with Gasteiger partial charge in [0.25, 0.3) is 5.91 Å². The quantitative estimate of drug-likeness (QED) is 0.799. The Hall–Kier alpha value is -2.37. The Bertz CT molecular complexity index is 576. The molecule has 1 aliphatic heterocycles. The van der Waals surface area contributed by atoms with E-state index in [9.17, 15) is 9.90 Å². The minimum absolute atomic E-state index is 0.0516. The molecule has 92 valence electrons. The maximum absolute atomic E-state index is 12.2. The van der Waals surface area contributed by atoms with Gasteiger partial charge >= 0.3 is 0 Å². The average molecular weight is 244 g/mol. The van der Waals surface area contributed by atoms with Crippen LogP contribution in [0.3, 0.4) is 0 Å². The van der Waals surface area contributed by atoms with Crippen molar-refractivity contribution in [1.29, 1.82) is 0 Å². The van der Waals surface area contributed by atoms with Gasteiger partial charge < -0.3 is 14.6 Å². The van der Waals surface area contributed by atoms with Gasteiger partial charge in [0, 0.05) is 18.7 Å². The lowest BCUT2D eigenvalue weighted by Crippen LogP contribution is -2.38. The number of hydrogen-bond acceptors (Lipinski definition) is 4. The van der Waals surface area contributed by atoms with E-state index in [4.69, 9.17) is 0 Å². The van der Waals surface area contributed by atoms with Gasteiger partial charge in [-0.25, -0.2) is 0 Å². The van der Waals surface area contributed by atoms with E-state index in [0.29, 0.717) is 25.2 Å². The Kier molecular flexibility index (Phi) is 2.47. The highest BCUT2D eigenvalue weighted by molar-refractivity contribution is 5.94. The fourth-order valence-corrected chi connectivity index (χ4v) is 2.03. The molecule has 1 amide bonds. The summed E-state index contributed by atoms with van der Waals surface area (Å²) < 4.78 is 1.95. The highest BCUT2D eigenvalue weighted by atomic mass is 16.3. The summed E-state index contributed by atoms with van der Waals surface area (Å²) in [6, 6.07) is 6.27. The summed E-state index contributed by atoms with van der Waals surface area (Å²) in [5.41, 5.74) is 0.570. The van der Waals surface area contributed by atoms with Crippen molar-refractivity contribution in [2.24, 2.45) is 0 Å². The first-order valence-corrected chi connectivity index (χ1v) is 5.69. The SMILES string of the molecule is O=C(c1ccc(O)cc1)N1CCn2cnnc2C1. The van der Waals surface area contributed by atoms with Gasteiger partial charge in [-0.1, -0.05) is 0 Å². The molecule has 0 saturated carbocycles. The minimum atomic E-state index is -0.0516. The maximum atomic E-state index is 12.2. The third-order valence-electron chi connectivity index (χ3n) is 3.04. The maximum Gasteiger partial charge on any atom is 0.254 e. The predicted molar refractivity (Wildman–Crippen MR) is 62.9 cm³/mol. The van der Waals surface area contributed by atoms with Crippen LogP contribution >= 0.6 is 0 Å². The molecule has 2 aromatic rings. The third-order valence-corrected chi connectivity index (χ3v) is 3.04. The number of aromatic nitrogens is 3. The standard InChI is InChI=1S/C12H12N4O2/c17-10-3-1-9(2-4-10)12(18)15-5-6-16-8-13-14-11(16)7-15/h1-4,8,17H,5-7H2. The van der Waals surface area contributed by atoms with E-state index >= 15 is 0 Å². The summed E-state index contributed by atoms with van der Waals surface area (Å²) in [6.45, 7) is 1.83. The average Bonchev–Trinajstić information content (AvgIpc) is 2.86. The molecule has 1 aromatic carbocycles. The van der Waals surface area contributed by atoms with Gasteiger partial charge in [-0.2, -0.15) is 0 Å². The zero-order chi connectivity index (χ0) is 12.5. The number of nitrogens with zero attached hydrogens (tertiary/aromatic N) is 4. The predicted octanol–water partition coefficient (Wildman–Crippen LogP) is 0.640. The van der Waals surface area contributed by atoms with Gasteiger partial charge in [-0.05, 0) is 24.3 Å². The Morgan fingerprint density at radius 2 is 2.00 bits per heavy atom. The molecule has 0 radical (unpaired) electrons. The summed E-state index contributed by atoms with van der Waals surface area (Å²) in [7, 11) is 0. The number of amides is 1. The monoisotopic (exact) mass is 244 g/mol. The molecule has 0 aliphatic carbocycles. The number of hydrogen-bond donors (Lipinski definition) is 1. The molecule has 0 atom stereocenters. The summed E-state index contributed by atoms with van der Waals surface area (Å²) in [5, 5.41) is 17.0. The number of phenols is 1. The second-order valence-electron chi connectivity index (χ2n) is 4.21. The van der Waals surface area contributed by atoms with Gasteiger partial charge in [-0.3, -0.25) is 4.79 Å². The zero-order valence-corrected chi connectivity index (χ0v) is 9.65. The van der Waals surface area contributed by atoms with Crippen LogP contribution in [0.25, 0.3) is 0 Å². The van der Waals surface area contributed by atoms with E-state index in [0.717, 1.165) is 5.82 Å². The molecule has 1 aromatic heterocycles.